The molecule has 1 rings (SSSR count). The number of nitro groups is 1. The first-order valence-electron chi connectivity index (χ1n) is 4.32. The second-order valence-electron chi connectivity index (χ2n) is 3.19. The van der Waals surface area contributed by atoms with Crippen molar-refractivity contribution in [2.45, 2.75) is 6.92 Å². The lowest BCUT2D eigenvalue weighted by Gasteiger charge is -2.05. The van der Waals surface area contributed by atoms with Gasteiger partial charge in [-0.3, -0.25) is 10.1 Å². The van der Waals surface area contributed by atoms with Gasteiger partial charge in [-0.15, -0.1) is 0 Å². The number of non-ortho nitro benzene ring substituents is 1. The molecule has 0 amide bonds. The normalized spacial score (nSPS) is 9.73. The zero-order valence-electron chi connectivity index (χ0n) is 8.29. The topological polar surface area (TPSA) is 55.2 Å². The molecule has 0 unspecified atom stereocenters. The second kappa shape index (κ2) is 4.79. The fraction of sp³-hybridized carbons (Fsp3) is 0.200. The summed E-state index contributed by atoms with van der Waals surface area (Å²) >= 11 is 5.58. The van der Waals surface area contributed by atoms with E-state index in [0.29, 0.717) is 17.3 Å². The van der Waals surface area contributed by atoms with Crippen LogP contribution in [0.5, 0.6) is 0 Å². The summed E-state index contributed by atoms with van der Waals surface area (Å²) in [5.41, 5.74) is 1.56. The summed E-state index contributed by atoms with van der Waals surface area (Å²) < 4.78 is 0. The minimum atomic E-state index is -0.423. The van der Waals surface area contributed by atoms with Crippen molar-refractivity contribution in [3.63, 3.8) is 0 Å². The maximum atomic E-state index is 10.6. The predicted octanol–water partition coefficient (Wildman–Crippen LogP) is 3.07. The molecular weight excluding hydrogens is 216 g/mol. The van der Waals surface area contributed by atoms with E-state index >= 15 is 0 Å². The highest BCUT2D eigenvalue weighted by atomic mass is 35.5. The quantitative estimate of drug-likeness (QED) is 0.634. The van der Waals surface area contributed by atoms with Crippen molar-refractivity contribution in [1.29, 1.82) is 0 Å². The van der Waals surface area contributed by atoms with Crippen LogP contribution in [0.1, 0.15) is 5.56 Å². The molecule has 80 valence electrons. The first-order chi connectivity index (χ1) is 6.99. The van der Waals surface area contributed by atoms with Gasteiger partial charge in [0, 0.05) is 22.9 Å². The molecular formula is C10H11ClN2O2. The largest absolute Gasteiger partial charge is 0.380 e. The molecule has 0 saturated heterocycles. The maximum absolute atomic E-state index is 10.6. The Kier molecular flexibility index (Phi) is 3.68. The van der Waals surface area contributed by atoms with E-state index in [1.807, 2.05) is 6.07 Å². The average Bonchev–Trinajstić information content (AvgIpc) is 2.13. The molecule has 0 fully saturated rings. The number of nitro benzene ring substituents is 1. The molecule has 0 atom stereocenters. The number of halogens is 1. The molecule has 1 aromatic rings. The third-order valence-corrected chi connectivity index (χ3v) is 1.89. The number of hydrogen-bond donors (Lipinski definition) is 1. The van der Waals surface area contributed by atoms with Crippen LogP contribution in [0.4, 0.5) is 11.4 Å². The van der Waals surface area contributed by atoms with Crippen molar-refractivity contribution in [2.75, 3.05) is 11.9 Å². The van der Waals surface area contributed by atoms with Crippen LogP contribution in [0.15, 0.2) is 29.8 Å². The molecule has 1 aromatic carbocycles. The van der Waals surface area contributed by atoms with Gasteiger partial charge in [-0.1, -0.05) is 18.2 Å². The van der Waals surface area contributed by atoms with Gasteiger partial charge in [0.25, 0.3) is 5.69 Å². The van der Waals surface area contributed by atoms with Crippen molar-refractivity contribution < 1.29 is 4.92 Å². The Morgan fingerprint density at radius 2 is 2.27 bits per heavy atom. The fourth-order valence-electron chi connectivity index (χ4n) is 1.17. The van der Waals surface area contributed by atoms with E-state index in [1.54, 1.807) is 6.92 Å². The molecule has 1 N–H and O–H groups in total. The Morgan fingerprint density at radius 3 is 2.80 bits per heavy atom. The minimum Gasteiger partial charge on any atom is -0.380 e. The highest BCUT2D eigenvalue weighted by molar-refractivity contribution is 6.29. The second-order valence-corrected chi connectivity index (χ2v) is 3.72. The molecule has 0 heterocycles. The van der Waals surface area contributed by atoms with Gasteiger partial charge in [0.2, 0.25) is 0 Å². The average molecular weight is 227 g/mol. The predicted molar refractivity (Wildman–Crippen MR) is 61.3 cm³/mol. The molecule has 4 nitrogen and oxygen atoms in total. The van der Waals surface area contributed by atoms with E-state index < -0.39 is 4.92 Å². The number of rotatable bonds is 4. The Balaban J connectivity index is 2.88. The van der Waals surface area contributed by atoms with Crippen molar-refractivity contribution in [3.8, 4) is 0 Å². The molecule has 0 aromatic heterocycles. The Hall–Kier alpha value is -1.55. The Bertz CT molecular complexity index is 404. The first-order valence-corrected chi connectivity index (χ1v) is 4.70. The zero-order valence-corrected chi connectivity index (χ0v) is 9.04. The van der Waals surface area contributed by atoms with E-state index in [9.17, 15) is 10.1 Å². The van der Waals surface area contributed by atoms with Crippen molar-refractivity contribution in [2.24, 2.45) is 0 Å². The van der Waals surface area contributed by atoms with Crippen LogP contribution in [0, 0.1) is 17.0 Å². The molecule has 0 saturated carbocycles. The zero-order chi connectivity index (χ0) is 11.4. The summed E-state index contributed by atoms with van der Waals surface area (Å²) in [6.45, 7) is 5.71. The number of anilines is 1. The lowest BCUT2D eigenvalue weighted by molar-refractivity contribution is -0.384. The smallest absolute Gasteiger partial charge is 0.271 e. The molecule has 5 heteroatoms. The molecule has 0 aliphatic carbocycles. The third kappa shape index (κ3) is 3.59. The summed E-state index contributed by atoms with van der Waals surface area (Å²) in [7, 11) is 0. The maximum Gasteiger partial charge on any atom is 0.271 e. The van der Waals surface area contributed by atoms with Gasteiger partial charge in [-0.2, -0.15) is 0 Å². The van der Waals surface area contributed by atoms with Crippen LogP contribution in [0.2, 0.25) is 0 Å². The molecule has 0 radical (unpaired) electrons. The molecule has 0 aliphatic rings. The first kappa shape index (κ1) is 11.5. The van der Waals surface area contributed by atoms with E-state index in [2.05, 4.69) is 11.9 Å². The monoisotopic (exact) mass is 226 g/mol. The summed E-state index contributed by atoms with van der Waals surface area (Å²) in [5.74, 6) is 0. The fourth-order valence-corrected chi connectivity index (χ4v) is 1.24. The highest BCUT2D eigenvalue weighted by Crippen LogP contribution is 2.20. The summed E-state index contributed by atoms with van der Waals surface area (Å²) in [5, 5.41) is 14.0. The number of aryl methyl sites for hydroxylation is 1. The Labute approximate surface area is 92.7 Å². The summed E-state index contributed by atoms with van der Waals surface area (Å²) in [6, 6.07) is 4.79. The van der Waals surface area contributed by atoms with Crippen LogP contribution >= 0.6 is 11.6 Å². The third-order valence-electron chi connectivity index (χ3n) is 1.76. The standard InChI is InChI=1S/C10H11ClN2O2/c1-7-3-9(12-6-8(2)11)5-10(4-7)13(14)15/h3-5,12H,2,6H2,1H3. The van der Waals surface area contributed by atoms with Gasteiger partial charge in [0.05, 0.1) is 11.5 Å². The highest BCUT2D eigenvalue weighted by Gasteiger charge is 2.07. The van der Waals surface area contributed by atoms with E-state index in [0.717, 1.165) is 5.56 Å². The number of hydrogen-bond acceptors (Lipinski definition) is 3. The summed E-state index contributed by atoms with van der Waals surface area (Å²) in [6.07, 6.45) is 0. The van der Waals surface area contributed by atoms with Crippen LogP contribution in [-0.2, 0) is 0 Å². The van der Waals surface area contributed by atoms with Crippen LogP contribution in [0.3, 0.4) is 0 Å². The molecule has 0 aliphatic heterocycles. The van der Waals surface area contributed by atoms with Crippen molar-refractivity contribution in [1.82, 2.24) is 0 Å². The van der Waals surface area contributed by atoms with E-state index in [1.165, 1.54) is 12.1 Å². The SMILES string of the molecule is C=C(Cl)CNc1cc(C)cc([N+](=O)[O-])c1. The van der Waals surface area contributed by atoms with Gasteiger partial charge in [0.15, 0.2) is 0 Å². The molecule has 0 bridgehead atoms. The van der Waals surface area contributed by atoms with Crippen LogP contribution in [-0.4, -0.2) is 11.5 Å². The molecule has 15 heavy (non-hydrogen) atoms. The Morgan fingerprint density at radius 1 is 1.60 bits per heavy atom. The van der Waals surface area contributed by atoms with Crippen molar-refractivity contribution >= 4 is 23.0 Å². The minimum absolute atomic E-state index is 0.0673. The lowest BCUT2D eigenvalue weighted by Crippen LogP contribution is -2.01. The number of nitrogens with zero attached hydrogens (tertiary/aromatic N) is 1. The summed E-state index contributed by atoms with van der Waals surface area (Å²) in [4.78, 5) is 10.2. The van der Waals surface area contributed by atoms with Gasteiger partial charge < -0.3 is 5.32 Å². The van der Waals surface area contributed by atoms with Crippen molar-refractivity contribution in [3.05, 3.63) is 45.5 Å². The van der Waals surface area contributed by atoms with Crippen LogP contribution in [0.25, 0.3) is 0 Å². The van der Waals surface area contributed by atoms with Crippen LogP contribution < -0.4 is 5.32 Å². The number of nitrogens with one attached hydrogen (secondary N) is 1. The van der Waals surface area contributed by atoms with E-state index in [4.69, 9.17) is 11.6 Å². The molecule has 0 spiro atoms. The number of benzene rings is 1. The van der Waals surface area contributed by atoms with Gasteiger partial charge in [-0.25, -0.2) is 0 Å². The lowest BCUT2D eigenvalue weighted by atomic mass is 10.2. The van der Waals surface area contributed by atoms with Gasteiger partial charge in [0.1, 0.15) is 0 Å². The van der Waals surface area contributed by atoms with Gasteiger partial charge >= 0.3 is 0 Å². The van der Waals surface area contributed by atoms with Gasteiger partial charge in [-0.05, 0) is 18.6 Å². The van der Waals surface area contributed by atoms with E-state index in [-0.39, 0.29) is 5.69 Å².